The first-order chi connectivity index (χ1) is 10.3. The van der Waals surface area contributed by atoms with Crippen LogP contribution in [0.4, 0.5) is 0 Å². The number of aliphatic hydroxyl groups is 2. The highest BCUT2D eigenvalue weighted by Gasteiger charge is 2.03. The summed E-state index contributed by atoms with van der Waals surface area (Å²) in [4.78, 5) is 0. The number of aromatic nitrogens is 6. The van der Waals surface area contributed by atoms with Crippen LogP contribution in [-0.2, 0) is 19.8 Å². The molecule has 0 saturated heterocycles. The van der Waals surface area contributed by atoms with Gasteiger partial charge in [0.05, 0.1) is 37.8 Å². The summed E-state index contributed by atoms with van der Waals surface area (Å²) < 4.78 is 3.27. The van der Waals surface area contributed by atoms with Gasteiger partial charge in [-0.1, -0.05) is 22.6 Å². The lowest BCUT2D eigenvalue weighted by atomic mass is 10.2. The third-order valence-corrected chi connectivity index (χ3v) is 3.00. The Morgan fingerprint density at radius 1 is 0.857 bits per heavy atom. The van der Waals surface area contributed by atoms with Crippen LogP contribution in [-0.4, -0.2) is 40.2 Å². The quantitative estimate of drug-likeness (QED) is 0.678. The van der Waals surface area contributed by atoms with Gasteiger partial charge in [0.1, 0.15) is 11.4 Å². The molecule has 8 heteroatoms. The van der Waals surface area contributed by atoms with Gasteiger partial charge in [0, 0.05) is 0 Å². The minimum Gasteiger partial charge on any atom is -0.390 e. The van der Waals surface area contributed by atoms with E-state index >= 15 is 0 Å². The van der Waals surface area contributed by atoms with Gasteiger partial charge in [-0.3, -0.25) is 0 Å². The molecule has 21 heavy (non-hydrogen) atoms. The summed E-state index contributed by atoms with van der Waals surface area (Å²) in [6.07, 6.45) is 3.39. The van der Waals surface area contributed by atoms with Crippen LogP contribution in [0.1, 0.15) is 17.0 Å². The zero-order valence-corrected chi connectivity index (χ0v) is 11.2. The maximum atomic E-state index is 8.98. The van der Waals surface area contributed by atoms with Crippen molar-refractivity contribution < 1.29 is 10.2 Å². The summed E-state index contributed by atoms with van der Waals surface area (Å²) in [5.41, 5.74) is 2.99. The van der Waals surface area contributed by atoms with Crippen LogP contribution < -0.4 is 0 Å². The number of aliphatic hydroxyl groups excluding tert-OH is 2. The third-order valence-electron chi connectivity index (χ3n) is 3.00. The van der Waals surface area contributed by atoms with E-state index in [1.54, 1.807) is 21.8 Å². The highest BCUT2D eigenvalue weighted by atomic mass is 16.3. The molecule has 0 unspecified atom stereocenters. The second-order valence-corrected chi connectivity index (χ2v) is 4.54. The molecule has 0 aliphatic rings. The molecule has 3 aromatic rings. The van der Waals surface area contributed by atoms with Crippen molar-refractivity contribution in [2.24, 2.45) is 0 Å². The van der Waals surface area contributed by atoms with Gasteiger partial charge in [0.2, 0.25) is 0 Å². The second-order valence-electron chi connectivity index (χ2n) is 4.54. The molecule has 0 aliphatic carbocycles. The lowest BCUT2D eigenvalue weighted by Crippen LogP contribution is -2.01. The normalized spacial score (nSPS) is 11.0. The Bertz CT molecular complexity index is 718. The molecule has 0 atom stereocenters. The molecule has 2 heterocycles. The Hall–Kier alpha value is -2.58. The Balaban J connectivity index is 1.74. The largest absolute Gasteiger partial charge is 0.390 e. The molecule has 0 bridgehead atoms. The zero-order chi connectivity index (χ0) is 14.7. The summed E-state index contributed by atoms with van der Waals surface area (Å²) in [6, 6.07) is 7.73. The lowest BCUT2D eigenvalue weighted by molar-refractivity contribution is 0.276. The number of hydrogen-bond donors (Lipinski definition) is 2. The minimum absolute atomic E-state index is 0.113. The van der Waals surface area contributed by atoms with E-state index in [-0.39, 0.29) is 13.2 Å². The van der Waals surface area contributed by atoms with Crippen LogP contribution in [0.5, 0.6) is 0 Å². The fourth-order valence-corrected chi connectivity index (χ4v) is 1.93. The number of rotatable bonds is 5. The number of hydrogen-bond acceptors (Lipinski definition) is 6. The standard InChI is InChI=1S/C13H14N6O2/c20-8-11-6-18(16-14-11)5-10-1-3-13(4-2-10)19-7-12(9-21)15-17-19/h1-4,6-7,20-21H,5,8-9H2. The molecule has 2 aromatic heterocycles. The monoisotopic (exact) mass is 286 g/mol. The molecule has 0 amide bonds. The summed E-state index contributed by atoms with van der Waals surface area (Å²) in [5.74, 6) is 0. The Labute approximate surface area is 120 Å². The van der Waals surface area contributed by atoms with Crippen LogP contribution in [0.25, 0.3) is 5.69 Å². The average Bonchev–Trinajstić information content (AvgIpc) is 3.17. The molecule has 0 spiro atoms. The van der Waals surface area contributed by atoms with E-state index in [2.05, 4.69) is 20.6 Å². The Kier molecular flexibility index (Phi) is 3.71. The number of benzene rings is 1. The molecular weight excluding hydrogens is 272 g/mol. The lowest BCUT2D eigenvalue weighted by Gasteiger charge is -2.03. The van der Waals surface area contributed by atoms with Crippen molar-refractivity contribution in [3.8, 4) is 5.69 Å². The topological polar surface area (TPSA) is 102 Å². The highest BCUT2D eigenvalue weighted by molar-refractivity contribution is 5.33. The van der Waals surface area contributed by atoms with Crippen molar-refractivity contribution in [2.45, 2.75) is 19.8 Å². The average molecular weight is 286 g/mol. The van der Waals surface area contributed by atoms with Crippen molar-refractivity contribution in [3.63, 3.8) is 0 Å². The van der Waals surface area contributed by atoms with E-state index in [9.17, 15) is 0 Å². The SMILES string of the molecule is OCc1cn(Cc2ccc(-n3cc(CO)nn3)cc2)nn1. The summed E-state index contributed by atoms with van der Waals surface area (Å²) in [6.45, 7) is 0.336. The van der Waals surface area contributed by atoms with Crippen molar-refractivity contribution in [1.82, 2.24) is 30.0 Å². The van der Waals surface area contributed by atoms with E-state index < -0.39 is 0 Å². The van der Waals surface area contributed by atoms with Gasteiger partial charge in [-0.2, -0.15) is 0 Å². The molecule has 0 aliphatic heterocycles. The maximum Gasteiger partial charge on any atom is 0.109 e. The van der Waals surface area contributed by atoms with Crippen molar-refractivity contribution in [3.05, 3.63) is 53.6 Å². The van der Waals surface area contributed by atoms with Gasteiger partial charge < -0.3 is 10.2 Å². The van der Waals surface area contributed by atoms with Crippen molar-refractivity contribution in [1.29, 1.82) is 0 Å². The van der Waals surface area contributed by atoms with Crippen LogP contribution in [0, 0.1) is 0 Å². The van der Waals surface area contributed by atoms with E-state index in [0.29, 0.717) is 17.9 Å². The molecule has 2 N–H and O–H groups in total. The first-order valence-corrected chi connectivity index (χ1v) is 6.40. The smallest absolute Gasteiger partial charge is 0.109 e. The first kappa shape index (κ1) is 13.4. The van der Waals surface area contributed by atoms with E-state index in [1.807, 2.05) is 24.3 Å². The van der Waals surface area contributed by atoms with Crippen LogP contribution in [0.3, 0.4) is 0 Å². The van der Waals surface area contributed by atoms with Crippen molar-refractivity contribution >= 4 is 0 Å². The van der Waals surface area contributed by atoms with Crippen LogP contribution >= 0.6 is 0 Å². The van der Waals surface area contributed by atoms with Gasteiger partial charge in [-0.05, 0) is 17.7 Å². The summed E-state index contributed by atoms with van der Waals surface area (Å²) in [5, 5.41) is 33.5. The Morgan fingerprint density at radius 3 is 2.14 bits per heavy atom. The molecule has 0 saturated carbocycles. The minimum atomic E-state index is -0.127. The Morgan fingerprint density at radius 2 is 1.52 bits per heavy atom. The molecule has 0 radical (unpaired) electrons. The fraction of sp³-hybridized carbons (Fsp3) is 0.231. The number of nitrogens with zero attached hydrogens (tertiary/aromatic N) is 6. The van der Waals surface area contributed by atoms with Gasteiger partial charge in [0.25, 0.3) is 0 Å². The highest BCUT2D eigenvalue weighted by Crippen LogP contribution is 2.10. The fourth-order valence-electron chi connectivity index (χ4n) is 1.93. The molecular formula is C13H14N6O2. The molecule has 8 nitrogen and oxygen atoms in total. The van der Waals surface area contributed by atoms with Gasteiger partial charge in [0.15, 0.2) is 0 Å². The van der Waals surface area contributed by atoms with Crippen molar-refractivity contribution in [2.75, 3.05) is 0 Å². The van der Waals surface area contributed by atoms with E-state index in [1.165, 1.54) is 0 Å². The van der Waals surface area contributed by atoms with Gasteiger partial charge >= 0.3 is 0 Å². The van der Waals surface area contributed by atoms with E-state index in [4.69, 9.17) is 10.2 Å². The van der Waals surface area contributed by atoms with Crippen LogP contribution in [0.2, 0.25) is 0 Å². The first-order valence-electron chi connectivity index (χ1n) is 6.40. The third kappa shape index (κ3) is 2.96. The predicted molar refractivity (Wildman–Crippen MR) is 72.3 cm³/mol. The molecule has 0 fully saturated rings. The van der Waals surface area contributed by atoms with Gasteiger partial charge in [-0.15, -0.1) is 10.2 Å². The van der Waals surface area contributed by atoms with Gasteiger partial charge in [-0.25, -0.2) is 9.36 Å². The predicted octanol–water partition coefficient (Wildman–Crippen LogP) is -0.108. The molecule has 108 valence electrons. The van der Waals surface area contributed by atoms with Crippen LogP contribution in [0.15, 0.2) is 36.7 Å². The summed E-state index contributed by atoms with van der Waals surface area (Å²) >= 11 is 0. The molecule has 1 aromatic carbocycles. The second kappa shape index (κ2) is 5.81. The van der Waals surface area contributed by atoms with E-state index in [0.717, 1.165) is 11.3 Å². The molecule has 3 rings (SSSR count). The summed E-state index contributed by atoms with van der Waals surface area (Å²) in [7, 11) is 0. The maximum absolute atomic E-state index is 8.98. The zero-order valence-electron chi connectivity index (χ0n) is 11.2.